The standard InChI is InChI=1S/C16H20N2O3S/c1-3-18(12-8-9-22(20,21)10-12)16(19)15-11(2)17-14-7-5-4-6-13(14)15/h4-7,12,17H,3,8-10H2,1-2H3. The molecule has 0 bridgehead atoms. The van der Waals surface area contributed by atoms with Gasteiger partial charge in [0.25, 0.3) is 5.91 Å². The molecule has 3 rings (SSSR count). The van der Waals surface area contributed by atoms with E-state index in [9.17, 15) is 13.2 Å². The number of fused-ring (bicyclic) bond motifs is 1. The van der Waals surface area contributed by atoms with Gasteiger partial charge in [0.15, 0.2) is 9.84 Å². The number of rotatable bonds is 3. The van der Waals surface area contributed by atoms with Gasteiger partial charge in [-0.2, -0.15) is 0 Å². The summed E-state index contributed by atoms with van der Waals surface area (Å²) in [5.41, 5.74) is 2.41. The molecule has 0 spiro atoms. The number of nitrogens with zero attached hydrogens (tertiary/aromatic N) is 1. The average molecular weight is 320 g/mol. The smallest absolute Gasteiger partial charge is 0.256 e. The van der Waals surface area contributed by atoms with Gasteiger partial charge in [-0.05, 0) is 26.3 Å². The number of para-hydroxylation sites is 1. The Balaban J connectivity index is 1.99. The van der Waals surface area contributed by atoms with Gasteiger partial charge in [-0.15, -0.1) is 0 Å². The fourth-order valence-corrected chi connectivity index (χ4v) is 5.02. The molecular formula is C16H20N2O3S. The molecule has 1 atom stereocenters. The molecule has 1 saturated heterocycles. The van der Waals surface area contributed by atoms with Crippen LogP contribution in [0.3, 0.4) is 0 Å². The summed E-state index contributed by atoms with van der Waals surface area (Å²) in [5, 5.41) is 0.893. The van der Waals surface area contributed by atoms with Crippen LogP contribution in [0.2, 0.25) is 0 Å². The molecule has 1 amide bonds. The number of hydrogen-bond donors (Lipinski definition) is 1. The molecule has 1 N–H and O–H groups in total. The lowest BCUT2D eigenvalue weighted by atomic mass is 10.1. The second-order valence-electron chi connectivity index (χ2n) is 5.82. The highest BCUT2D eigenvalue weighted by molar-refractivity contribution is 7.91. The summed E-state index contributed by atoms with van der Waals surface area (Å²) in [6.45, 7) is 4.29. The molecule has 1 aromatic carbocycles. The Labute approximate surface area is 130 Å². The van der Waals surface area contributed by atoms with Crippen LogP contribution in [0, 0.1) is 6.92 Å². The molecule has 5 nitrogen and oxygen atoms in total. The Morgan fingerprint density at radius 2 is 2.09 bits per heavy atom. The quantitative estimate of drug-likeness (QED) is 0.942. The van der Waals surface area contributed by atoms with Crippen LogP contribution in [0.15, 0.2) is 24.3 Å². The Morgan fingerprint density at radius 1 is 1.36 bits per heavy atom. The van der Waals surface area contributed by atoms with E-state index in [1.807, 2.05) is 38.1 Å². The van der Waals surface area contributed by atoms with E-state index >= 15 is 0 Å². The first-order valence-electron chi connectivity index (χ1n) is 7.51. The van der Waals surface area contributed by atoms with Crippen molar-refractivity contribution in [3.05, 3.63) is 35.5 Å². The Morgan fingerprint density at radius 3 is 2.73 bits per heavy atom. The maximum absolute atomic E-state index is 13.0. The highest BCUT2D eigenvalue weighted by Crippen LogP contribution is 2.26. The lowest BCUT2D eigenvalue weighted by molar-refractivity contribution is 0.0709. The summed E-state index contributed by atoms with van der Waals surface area (Å²) in [6.07, 6.45) is 0.531. The van der Waals surface area contributed by atoms with Crippen LogP contribution in [-0.4, -0.2) is 48.3 Å². The molecule has 1 fully saturated rings. The van der Waals surface area contributed by atoms with E-state index in [-0.39, 0.29) is 23.5 Å². The molecule has 2 heterocycles. The third-order valence-corrected chi connectivity index (χ3v) is 6.11. The number of nitrogens with one attached hydrogen (secondary N) is 1. The Hall–Kier alpha value is -1.82. The maximum atomic E-state index is 13.0. The van der Waals surface area contributed by atoms with Crippen molar-refractivity contribution in [1.82, 2.24) is 9.88 Å². The van der Waals surface area contributed by atoms with Crippen LogP contribution >= 0.6 is 0 Å². The molecule has 0 aliphatic carbocycles. The molecule has 1 unspecified atom stereocenters. The number of carbonyl (C=O) groups is 1. The largest absolute Gasteiger partial charge is 0.358 e. The number of aryl methyl sites for hydroxylation is 1. The van der Waals surface area contributed by atoms with Crippen molar-refractivity contribution in [3.8, 4) is 0 Å². The molecular weight excluding hydrogens is 300 g/mol. The van der Waals surface area contributed by atoms with Gasteiger partial charge in [-0.1, -0.05) is 18.2 Å². The normalized spacial score (nSPS) is 20.4. The zero-order chi connectivity index (χ0) is 15.9. The molecule has 118 valence electrons. The number of hydrogen-bond acceptors (Lipinski definition) is 3. The fourth-order valence-electron chi connectivity index (χ4n) is 3.28. The van der Waals surface area contributed by atoms with Gasteiger partial charge < -0.3 is 9.88 Å². The SMILES string of the molecule is CCN(C(=O)c1c(C)[nH]c2ccccc12)C1CCS(=O)(=O)C1. The minimum atomic E-state index is -3.01. The Kier molecular flexibility index (Phi) is 3.72. The second-order valence-corrected chi connectivity index (χ2v) is 8.05. The van der Waals surface area contributed by atoms with Crippen molar-refractivity contribution < 1.29 is 13.2 Å². The molecule has 6 heteroatoms. The minimum Gasteiger partial charge on any atom is -0.358 e. The van der Waals surface area contributed by atoms with E-state index in [4.69, 9.17) is 0 Å². The summed E-state index contributed by atoms with van der Waals surface area (Å²) >= 11 is 0. The van der Waals surface area contributed by atoms with Crippen molar-refractivity contribution >= 4 is 26.6 Å². The maximum Gasteiger partial charge on any atom is 0.256 e. The van der Waals surface area contributed by atoms with Crippen molar-refractivity contribution in [2.45, 2.75) is 26.3 Å². The average Bonchev–Trinajstić information content (AvgIpc) is 2.98. The van der Waals surface area contributed by atoms with Crippen LogP contribution in [0.25, 0.3) is 10.9 Å². The van der Waals surface area contributed by atoms with Crippen molar-refractivity contribution in [2.75, 3.05) is 18.1 Å². The van der Waals surface area contributed by atoms with Gasteiger partial charge in [-0.25, -0.2) is 8.42 Å². The monoisotopic (exact) mass is 320 g/mol. The number of carbonyl (C=O) groups excluding carboxylic acids is 1. The van der Waals surface area contributed by atoms with Crippen LogP contribution in [0.5, 0.6) is 0 Å². The zero-order valence-electron chi connectivity index (χ0n) is 12.8. The van der Waals surface area contributed by atoms with Gasteiger partial charge >= 0.3 is 0 Å². The van der Waals surface area contributed by atoms with E-state index in [0.29, 0.717) is 18.5 Å². The van der Waals surface area contributed by atoms with Crippen molar-refractivity contribution in [3.63, 3.8) is 0 Å². The third kappa shape index (κ3) is 2.52. The zero-order valence-corrected chi connectivity index (χ0v) is 13.6. The van der Waals surface area contributed by atoms with Gasteiger partial charge in [-0.3, -0.25) is 4.79 Å². The van der Waals surface area contributed by atoms with Crippen LogP contribution in [0.4, 0.5) is 0 Å². The number of amides is 1. The number of aromatic amines is 1. The van der Waals surface area contributed by atoms with Gasteiger partial charge in [0.2, 0.25) is 0 Å². The molecule has 1 aromatic heterocycles. The minimum absolute atomic E-state index is 0.0774. The summed E-state index contributed by atoms with van der Waals surface area (Å²) in [7, 11) is -3.01. The predicted octanol–water partition coefficient (Wildman–Crippen LogP) is 2.13. The summed E-state index contributed by atoms with van der Waals surface area (Å²) < 4.78 is 23.4. The summed E-state index contributed by atoms with van der Waals surface area (Å²) in [5.74, 6) is 0.169. The van der Waals surface area contributed by atoms with Crippen LogP contribution in [-0.2, 0) is 9.84 Å². The number of H-pyrrole nitrogens is 1. The molecule has 2 aromatic rings. The van der Waals surface area contributed by atoms with E-state index in [2.05, 4.69) is 4.98 Å². The summed E-state index contributed by atoms with van der Waals surface area (Å²) in [4.78, 5) is 17.9. The number of aromatic nitrogens is 1. The van der Waals surface area contributed by atoms with Gasteiger partial charge in [0.05, 0.1) is 17.1 Å². The van der Waals surface area contributed by atoms with Crippen LogP contribution in [0.1, 0.15) is 29.4 Å². The molecule has 0 saturated carbocycles. The first-order valence-corrected chi connectivity index (χ1v) is 9.34. The summed E-state index contributed by atoms with van der Waals surface area (Å²) in [6, 6.07) is 7.48. The van der Waals surface area contributed by atoms with Gasteiger partial charge in [0, 0.05) is 29.2 Å². The Bertz CT molecular complexity index is 823. The van der Waals surface area contributed by atoms with Crippen molar-refractivity contribution in [2.24, 2.45) is 0 Å². The van der Waals surface area contributed by atoms with E-state index in [1.165, 1.54) is 0 Å². The first kappa shape index (κ1) is 15.1. The molecule has 0 radical (unpaired) electrons. The molecule has 22 heavy (non-hydrogen) atoms. The molecule has 1 aliphatic rings. The lowest BCUT2D eigenvalue weighted by Gasteiger charge is -2.27. The third-order valence-electron chi connectivity index (χ3n) is 4.36. The number of benzene rings is 1. The fraction of sp³-hybridized carbons (Fsp3) is 0.438. The second kappa shape index (κ2) is 5.43. The van der Waals surface area contributed by atoms with E-state index < -0.39 is 9.84 Å². The first-order chi connectivity index (χ1) is 10.4. The van der Waals surface area contributed by atoms with Crippen LogP contribution < -0.4 is 0 Å². The highest BCUT2D eigenvalue weighted by Gasteiger charge is 2.35. The van der Waals surface area contributed by atoms with Gasteiger partial charge in [0.1, 0.15) is 0 Å². The highest BCUT2D eigenvalue weighted by atomic mass is 32.2. The van der Waals surface area contributed by atoms with E-state index in [1.54, 1.807) is 4.90 Å². The topological polar surface area (TPSA) is 70.2 Å². The van der Waals surface area contributed by atoms with Crippen molar-refractivity contribution in [1.29, 1.82) is 0 Å². The number of sulfone groups is 1. The predicted molar refractivity (Wildman–Crippen MR) is 86.8 cm³/mol. The lowest BCUT2D eigenvalue weighted by Crippen LogP contribution is -2.41. The molecule has 1 aliphatic heterocycles. The van der Waals surface area contributed by atoms with E-state index in [0.717, 1.165) is 16.6 Å².